The third kappa shape index (κ3) is 2.08. The minimum atomic E-state index is 0.121. The number of hydrogen-bond donors (Lipinski definition) is 4. The Labute approximate surface area is 117 Å². The second-order valence-electron chi connectivity index (χ2n) is 5.17. The van der Waals surface area contributed by atoms with Crippen LogP contribution >= 0.6 is 0 Å². The van der Waals surface area contributed by atoms with Gasteiger partial charge in [0.05, 0.1) is 0 Å². The molecule has 1 aliphatic heterocycles. The average Bonchev–Trinajstić information content (AvgIpc) is 2.93. The van der Waals surface area contributed by atoms with Crippen LogP contribution in [0, 0.1) is 10.8 Å². The Hall–Kier alpha value is -2.21. The van der Waals surface area contributed by atoms with E-state index in [2.05, 4.69) is 9.97 Å². The van der Waals surface area contributed by atoms with Crippen LogP contribution < -0.4 is 5.73 Å². The number of aromatic nitrogens is 2. The van der Waals surface area contributed by atoms with E-state index in [1.165, 1.54) is 6.21 Å². The summed E-state index contributed by atoms with van der Waals surface area (Å²) in [6.45, 7) is 1.54. The highest BCUT2D eigenvalue weighted by atomic mass is 15.2. The highest BCUT2D eigenvalue weighted by Gasteiger charge is 2.23. The van der Waals surface area contributed by atoms with Crippen LogP contribution in [0.1, 0.15) is 24.0 Å². The van der Waals surface area contributed by atoms with Crippen LogP contribution in [0.3, 0.4) is 0 Å². The first-order valence-corrected chi connectivity index (χ1v) is 6.76. The molecule has 0 radical (unpaired) electrons. The van der Waals surface area contributed by atoms with Gasteiger partial charge in [0.15, 0.2) is 0 Å². The zero-order chi connectivity index (χ0) is 14.1. The van der Waals surface area contributed by atoms with Gasteiger partial charge < -0.3 is 21.0 Å². The van der Waals surface area contributed by atoms with Crippen molar-refractivity contribution in [3.05, 3.63) is 29.6 Å². The third-order valence-electron chi connectivity index (χ3n) is 3.78. The second-order valence-corrected chi connectivity index (χ2v) is 5.17. The molecule has 2 aromatic heterocycles. The number of nitrogens with zero attached hydrogens (tertiary/aromatic N) is 2. The van der Waals surface area contributed by atoms with Crippen LogP contribution in [0.2, 0.25) is 0 Å². The van der Waals surface area contributed by atoms with E-state index in [9.17, 15) is 0 Å². The summed E-state index contributed by atoms with van der Waals surface area (Å²) < 4.78 is 0. The van der Waals surface area contributed by atoms with Crippen LogP contribution in [0.15, 0.2) is 18.5 Å². The number of amidine groups is 1. The van der Waals surface area contributed by atoms with E-state index >= 15 is 0 Å². The van der Waals surface area contributed by atoms with E-state index in [-0.39, 0.29) is 6.04 Å². The zero-order valence-electron chi connectivity index (χ0n) is 11.2. The maximum Gasteiger partial charge on any atom is 0.137 e. The first kappa shape index (κ1) is 12.8. The van der Waals surface area contributed by atoms with E-state index in [4.69, 9.17) is 16.6 Å². The van der Waals surface area contributed by atoms with Crippen molar-refractivity contribution in [2.75, 3.05) is 13.1 Å². The number of piperidine rings is 1. The van der Waals surface area contributed by atoms with Crippen LogP contribution in [-0.4, -0.2) is 46.0 Å². The Bertz CT molecular complexity index is 659. The van der Waals surface area contributed by atoms with Crippen molar-refractivity contribution in [2.45, 2.75) is 18.9 Å². The number of nitrogens with two attached hydrogens (primary N) is 1. The monoisotopic (exact) mass is 270 g/mol. The summed E-state index contributed by atoms with van der Waals surface area (Å²) >= 11 is 0. The fourth-order valence-corrected chi connectivity index (χ4v) is 2.77. The topological polar surface area (TPSA) is 106 Å². The molecule has 3 heterocycles. The highest BCUT2D eigenvalue weighted by Crippen LogP contribution is 2.22. The van der Waals surface area contributed by atoms with Crippen molar-refractivity contribution in [3.8, 4) is 0 Å². The lowest BCUT2D eigenvalue weighted by Crippen LogP contribution is -2.46. The molecule has 2 aromatic rings. The Morgan fingerprint density at radius 3 is 3.15 bits per heavy atom. The fraction of sp³-hybridized carbons (Fsp3) is 0.357. The minimum absolute atomic E-state index is 0.121. The predicted molar refractivity (Wildman–Crippen MR) is 79.6 cm³/mol. The van der Waals surface area contributed by atoms with Gasteiger partial charge in [-0.15, -0.1) is 0 Å². The molecular weight excluding hydrogens is 252 g/mol. The van der Waals surface area contributed by atoms with Crippen molar-refractivity contribution in [1.29, 1.82) is 10.8 Å². The van der Waals surface area contributed by atoms with Gasteiger partial charge >= 0.3 is 0 Å². The number of rotatable bonds is 2. The molecule has 6 heteroatoms. The molecule has 0 saturated carbocycles. The summed E-state index contributed by atoms with van der Waals surface area (Å²) in [5, 5.41) is 16.9. The predicted octanol–water partition coefficient (Wildman–Crippen LogP) is 1.31. The Kier molecular flexibility index (Phi) is 3.23. The normalized spacial score (nSPS) is 19.2. The largest absolute Gasteiger partial charge is 0.355 e. The second kappa shape index (κ2) is 5.05. The molecule has 0 aromatic carbocycles. The summed E-state index contributed by atoms with van der Waals surface area (Å²) in [6.07, 6.45) is 6.72. The zero-order valence-corrected chi connectivity index (χ0v) is 11.2. The number of hydrogen-bond acceptors (Lipinski definition) is 4. The average molecular weight is 270 g/mol. The Balaban J connectivity index is 2.05. The summed E-state index contributed by atoms with van der Waals surface area (Å²) in [7, 11) is 0. The number of nitrogens with one attached hydrogen (secondary N) is 3. The lowest BCUT2D eigenvalue weighted by molar-refractivity contribution is 0.309. The maximum absolute atomic E-state index is 8.50. The fourth-order valence-electron chi connectivity index (χ4n) is 2.77. The molecule has 5 N–H and O–H groups in total. The molecule has 3 rings (SSSR count). The summed E-state index contributed by atoms with van der Waals surface area (Å²) in [6, 6.07) is 2.03. The molecule has 6 nitrogen and oxygen atoms in total. The number of aromatic amines is 1. The van der Waals surface area contributed by atoms with Gasteiger partial charge in [0.1, 0.15) is 11.5 Å². The number of fused-ring (bicyclic) bond motifs is 1. The molecule has 0 aliphatic carbocycles. The molecule has 0 bridgehead atoms. The van der Waals surface area contributed by atoms with Gasteiger partial charge in [-0.1, -0.05) is 0 Å². The molecule has 1 fully saturated rings. The molecule has 104 valence electrons. The van der Waals surface area contributed by atoms with Crippen molar-refractivity contribution >= 4 is 23.1 Å². The lowest BCUT2D eigenvalue weighted by Gasteiger charge is -2.33. The smallest absolute Gasteiger partial charge is 0.137 e. The van der Waals surface area contributed by atoms with Gasteiger partial charge in [-0.2, -0.15) is 0 Å². The van der Waals surface area contributed by atoms with Gasteiger partial charge in [0.2, 0.25) is 0 Å². The first-order chi connectivity index (χ1) is 9.70. The van der Waals surface area contributed by atoms with Gasteiger partial charge in [0.25, 0.3) is 0 Å². The van der Waals surface area contributed by atoms with E-state index in [1.54, 1.807) is 6.20 Å². The maximum atomic E-state index is 8.50. The molecule has 0 spiro atoms. The van der Waals surface area contributed by atoms with Crippen LogP contribution in [0.4, 0.5) is 0 Å². The van der Waals surface area contributed by atoms with Crippen LogP contribution in [0.25, 0.3) is 11.0 Å². The first-order valence-electron chi connectivity index (χ1n) is 6.76. The molecule has 1 saturated heterocycles. The molecule has 20 heavy (non-hydrogen) atoms. The number of likely N-dealkylation sites (tertiary alicyclic amines) is 1. The Morgan fingerprint density at radius 2 is 2.40 bits per heavy atom. The van der Waals surface area contributed by atoms with Crippen molar-refractivity contribution in [1.82, 2.24) is 14.9 Å². The van der Waals surface area contributed by atoms with Gasteiger partial charge in [0, 0.05) is 54.3 Å². The van der Waals surface area contributed by atoms with Crippen molar-refractivity contribution in [2.24, 2.45) is 5.73 Å². The van der Waals surface area contributed by atoms with Crippen molar-refractivity contribution in [3.63, 3.8) is 0 Å². The number of pyridine rings is 1. The summed E-state index contributed by atoms with van der Waals surface area (Å²) in [5.41, 5.74) is 8.18. The molecule has 0 amide bonds. The van der Waals surface area contributed by atoms with E-state index in [0.717, 1.165) is 36.0 Å². The van der Waals surface area contributed by atoms with E-state index in [0.29, 0.717) is 17.9 Å². The van der Waals surface area contributed by atoms with Crippen molar-refractivity contribution < 1.29 is 0 Å². The van der Waals surface area contributed by atoms with Crippen LogP contribution in [-0.2, 0) is 0 Å². The number of H-pyrrole nitrogens is 1. The third-order valence-corrected chi connectivity index (χ3v) is 3.78. The summed E-state index contributed by atoms with van der Waals surface area (Å²) in [5.74, 6) is 0.436. The van der Waals surface area contributed by atoms with Crippen LogP contribution in [0.5, 0.6) is 0 Å². The highest BCUT2D eigenvalue weighted by molar-refractivity contribution is 6.12. The molecule has 1 atom stereocenters. The molecular formula is C14H18N6. The Morgan fingerprint density at radius 1 is 1.55 bits per heavy atom. The lowest BCUT2D eigenvalue weighted by atomic mass is 10.0. The molecule has 1 unspecified atom stereocenters. The van der Waals surface area contributed by atoms with Gasteiger partial charge in [-0.25, -0.2) is 4.98 Å². The quantitative estimate of drug-likeness (QED) is 0.488. The molecule has 1 aliphatic rings. The SMILES string of the molecule is N=Cc1cnc2[nH]ccc2c1C(=N)N1CCCC(N)C1. The standard InChI is InChI=1S/C14H18N6/c15-6-9-7-19-14-11(3-4-18-14)12(9)13(17)20-5-1-2-10(16)8-20/h3-4,6-7,10,15,17H,1-2,5,8,16H2,(H,18,19). The minimum Gasteiger partial charge on any atom is -0.355 e. The van der Waals surface area contributed by atoms with Gasteiger partial charge in [-0.3, -0.25) is 5.41 Å². The van der Waals surface area contributed by atoms with Gasteiger partial charge in [-0.05, 0) is 18.9 Å². The summed E-state index contributed by atoms with van der Waals surface area (Å²) in [4.78, 5) is 9.32. The van der Waals surface area contributed by atoms with E-state index in [1.807, 2.05) is 17.2 Å². The van der Waals surface area contributed by atoms with E-state index < -0.39 is 0 Å².